The van der Waals surface area contributed by atoms with Crippen molar-refractivity contribution in [1.82, 2.24) is 4.57 Å². The van der Waals surface area contributed by atoms with E-state index in [0.717, 1.165) is 34.9 Å². The van der Waals surface area contributed by atoms with E-state index in [1.807, 2.05) is 48.7 Å². The van der Waals surface area contributed by atoms with E-state index >= 15 is 0 Å². The molecule has 5 nitrogen and oxygen atoms in total. The highest BCUT2D eigenvalue weighted by atomic mass is 16.5. The minimum Gasteiger partial charge on any atom is -0.493 e. The lowest BCUT2D eigenvalue weighted by atomic mass is 10.1. The molecule has 0 atom stereocenters. The van der Waals surface area contributed by atoms with Gasteiger partial charge in [-0.2, -0.15) is 0 Å². The molecular weight excluding hydrogens is 342 g/mol. The van der Waals surface area contributed by atoms with Gasteiger partial charge in [-0.1, -0.05) is 18.2 Å². The molecule has 0 aliphatic carbocycles. The number of aryl methyl sites for hydroxylation is 1. The zero-order valence-corrected chi connectivity index (χ0v) is 16.0. The van der Waals surface area contributed by atoms with Crippen molar-refractivity contribution in [3.05, 3.63) is 53.2 Å². The molecule has 1 heterocycles. The van der Waals surface area contributed by atoms with E-state index in [1.54, 1.807) is 21.3 Å². The maximum absolute atomic E-state index is 11.4. The number of aromatic nitrogens is 1. The lowest BCUT2D eigenvalue weighted by Gasteiger charge is -2.12. The van der Waals surface area contributed by atoms with Crippen LogP contribution in [0.5, 0.6) is 17.2 Å². The monoisotopic (exact) mass is 365 g/mol. The zero-order valence-electron chi connectivity index (χ0n) is 16.0. The number of aldehydes is 1. The topological polar surface area (TPSA) is 49.7 Å². The predicted molar refractivity (Wildman–Crippen MR) is 108 cm³/mol. The molecule has 0 saturated carbocycles. The first-order valence-electron chi connectivity index (χ1n) is 8.71. The van der Waals surface area contributed by atoms with E-state index in [-0.39, 0.29) is 0 Å². The first-order chi connectivity index (χ1) is 13.1. The molecule has 0 fully saturated rings. The number of methoxy groups -OCH3 is 3. The molecule has 0 N–H and O–H groups in total. The predicted octanol–water partition coefficient (Wildman–Crippen LogP) is 4.67. The Balaban J connectivity index is 1.99. The van der Waals surface area contributed by atoms with Crippen LogP contribution in [0.25, 0.3) is 23.1 Å². The zero-order chi connectivity index (χ0) is 19.4. The molecule has 0 amide bonds. The first-order valence-corrected chi connectivity index (χ1v) is 8.71. The lowest BCUT2D eigenvalue weighted by Crippen LogP contribution is -1.95. The van der Waals surface area contributed by atoms with Crippen LogP contribution in [-0.4, -0.2) is 32.2 Å². The van der Waals surface area contributed by atoms with Crippen LogP contribution >= 0.6 is 0 Å². The highest BCUT2D eigenvalue weighted by Crippen LogP contribution is 2.38. The van der Waals surface area contributed by atoms with Gasteiger partial charge in [-0.3, -0.25) is 4.79 Å². The van der Waals surface area contributed by atoms with Gasteiger partial charge in [0.25, 0.3) is 0 Å². The van der Waals surface area contributed by atoms with Crippen molar-refractivity contribution >= 4 is 29.3 Å². The number of nitrogens with zero attached hydrogens (tertiary/aromatic N) is 1. The molecular formula is C22H23NO4. The molecule has 140 valence electrons. The van der Waals surface area contributed by atoms with Gasteiger partial charge in [-0.15, -0.1) is 0 Å². The average molecular weight is 365 g/mol. The van der Waals surface area contributed by atoms with Crippen molar-refractivity contribution in [2.45, 2.75) is 13.5 Å². The molecule has 0 radical (unpaired) electrons. The van der Waals surface area contributed by atoms with E-state index in [0.29, 0.717) is 22.8 Å². The van der Waals surface area contributed by atoms with Gasteiger partial charge in [0.2, 0.25) is 5.75 Å². The molecule has 3 rings (SSSR count). The van der Waals surface area contributed by atoms with Gasteiger partial charge in [0, 0.05) is 29.2 Å². The molecule has 0 unspecified atom stereocenters. The Morgan fingerprint density at radius 1 is 0.926 bits per heavy atom. The lowest BCUT2D eigenvalue weighted by molar-refractivity contribution is 0.112. The number of carbonyl (C=O) groups excluding carboxylic acids is 1. The second kappa shape index (κ2) is 7.99. The van der Waals surface area contributed by atoms with Gasteiger partial charge in [-0.05, 0) is 42.3 Å². The van der Waals surface area contributed by atoms with Crippen molar-refractivity contribution < 1.29 is 19.0 Å². The van der Waals surface area contributed by atoms with E-state index in [2.05, 4.69) is 11.5 Å². The summed E-state index contributed by atoms with van der Waals surface area (Å²) in [6, 6.07) is 9.89. The number of benzene rings is 2. The maximum Gasteiger partial charge on any atom is 0.203 e. The summed E-state index contributed by atoms with van der Waals surface area (Å²) in [5.41, 5.74) is 3.69. The van der Waals surface area contributed by atoms with Gasteiger partial charge in [0.15, 0.2) is 17.8 Å². The number of ether oxygens (including phenoxy) is 3. The summed E-state index contributed by atoms with van der Waals surface area (Å²) in [7, 11) is 4.77. The van der Waals surface area contributed by atoms with Gasteiger partial charge in [-0.25, -0.2) is 0 Å². The summed E-state index contributed by atoms with van der Waals surface area (Å²) < 4.78 is 18.2. The van der Waals surface area contributed by atoms with E-state index < -0.39 is 0 Å². The highest BCUT2D eigenvalue weighted by molar-refractivity contribution is 5.98. The second-order valence-corrected chi connectivity index (χ2v) is 6.06. The largest absolute Gasteiger partial charge is 0.493 e. The Labute approximate surface area is 158 Å². The minimum atomic E-state index is 0.565. The maximum atomic E-state index is 11.4. The van der Waals surface area contributed by atoms with Crippen LogP contribution in [0.2, 0.25) is 0 Å². The number of hydrogen-bond donors (Lipinski definition) is 0. The van der Waals surface area contributed by atoms with Crippen molar-refractivity contribution in [2.75, 3.05) is 21.3 Å². The molecule has 0 saturated heterocycles. The van der Waals surface area contributed by atoms with Gasteiger partial charge < -0.3 is 18.8 Å². The van der Waals surface area contributed by atoms with Crippen LogP contribution in [0.4, 0.5) is 0 Å². The van der Waals surface area contributed by atoms with Crippen LogP contribution < -0.4 is 14.2 Å². The third-order valence-electron chi connectivity index (χ3n) is 4.56. The van der Waals surface area contributed by atoms with Crippen LogP contribution in [0.15, 0.2) is 36.5 Å². The fraction of sp³-hybridized carbons (Fsp3) is 0.227. The fourth-order valence-corrected chi connectivity index (χ4v) is 3.19. The summed E-state index contributed by atoms with van der Waals surface area (Å²) >= 11 is 0. The molecule has 5 heteroatoms. The number of hydrogen-bond acceptors (Lipinski definition) is 4. The molecule has 27 heavy (non-hydrogen) atoms. The summed E-state index contributed by atoms with van der Waals surface area (Å²) in [5.74, 6) is 1.78. The summed E-state index contributed by atoms with van der Waals surface area (Å²) in [4.78, 5) is 11.4. The third-order valence-corrected chi connectivity index (χ3v) is 4.56. The molecule has 3 aromatic rings. The molecule has 0 spiro atoms. The Morgan fingerprint density at radius 3 is 2.15 bits per heavy atom. The standard InChI is InChI=1S/C22H23NO4/c1-5-23-13-17(14-24)18-10-15(8-9-19(18)23)6-7-16-11-20(25-2)22(27-4)21(12-16)26-3/h6-14H,5H2,1-4H3/b7-6-. The van der Waals surface area contributed by atoms with Crippen LogP contribution in [0.1, 0.15) is 28.4 Å². The van der Waals surface area contributed by atoms with E-state index in [9.17, 15) is 4.79 Å². The Kier molecular flexibility index (Phi) is 5.50. The normalized spacial score (nSPS) is 11.1. The van der Waals surface area contributed by atoms with Gasteiger partial charge in [0.05, 0.1) is 21.3 Å². The van der Waals surface area contributed by atoms with Crippen molar-refractivity contribution in [3.8, 4) is 17.2 Å². The van der Waals surface area contributed by atoms with E-state index in [4.69, 9.17) is 14.2 Å². The van der Waals surface area contributed by atoms with Gasteiger partial charge in [0.1, 0.15) is 0 Å². The first kappa shape index (κ1) is 18.6. The van der Waals surface area contributed by atoms with Crippen molar-refractivity contribution in [3.63, 3.8) is 0 Å². The van der Waals surface area contributed by atoms with E-state index in [1.165, 1.54) is 0 Å². The number of rotatable bonds is 7. The molecule has 0 aliphatic rings. The van der Waals surface area contributed by atoms with Crippen LogP contribution in [0.3, 0.4) is 0 Å². The van der Waals surface area contributed by atoms with Crippen molar-refractivity contribution in [1.29, 1.82) is 0 Å². The second-order valence-electron chi connectivity index (χ2n) is 6.06. The SMILES string of the molecule is CCn1cc(C=O)c2cc(/C=C\c3cc(OC)c(OC)c(OC)c3)ccc21. The Hall–Kier alpha value is -3.21. The van der Waals surface area contributed by atoms with Crippen molar-refractivity contribution in [2.24, 2.45) is 0 Å². The smallest absolute Gasteiger partial charge is 0.203 e. The van der Waals surface area contributed by atoms with Crippen LogP contribution in [0, 0.1) is 0 Å². The average Bonchev–Trinajstić information content (AvgIpc) is 3.08. The highest BCUT2D eigenvalue weighted by Gasteiger charge is 2.12. The summed E-state index contributed by atoms with van der Waals surface area (Å²) in [6.45, 7) is 2.89. The third kappa shape index (κ3) is 3.53. The number of carbonyl (C=O) groups is 1. The molecule has 1 aromatic heterocycles. The van der Waals surface area contributed by atoms with Gasteiger partial charge >= 0.3 is 0 Å². The molecule has 0 bridgehead atoms. The molecule has 0 aliphatic heterocycles. The number of fused-ring (bicyclic) bond motifs is 1. The summed E-state index contributed by atoms with van der Waals surface area (Å²) in [5, 5.41) is 0.957. The summed E-state index contributed by atoms with van der Waals surface area (Å²) in [6.07, 6.45) is 6.77. The quantitative estimate of drug-likeness (QED) is 0.451. The molecule has 2 aromatic carbocycles. The Bertz CT molecular complexity index is 976. The Morgan fingerprint density at radius 2 is 1.59 bits per heavy atom. The van der Waals surface area contributed by atoms with Crippen LogP contribution in [-0.2, 0) is 6.54 Å². The minimum absolute atomic E-state index is 0.565. The fourth-order valence-electron chi connectivity index (χ4n) is 3.19.